The molecule has 0 fully saturated rings. The van der Waals surface area contributed by atoms with Crippen LogP contribution in [0.3, 0.4) is 0 Å². The van der Waals surface area contributed by atoms with Crippen molar-refractivity contribution in [1.29, 1.82) is 0 Å². The van der Waals surface area contributed by atoms with E-state index in [0.29, 0.717) is 32.8 Å². The summed E-state index contributed by atoms with van der Waals surface area (Å²) in [6.45, 7) is 0. The van der Waals surface area contributed by atoms with E-state index in [9.17, 15) is 8.22 Å². The number of rotatable bonds is 4. The van der Waals surface area contributed by atoms with Crippen molar-refractivity contribution in [1.82, 2.24) is 9.13 Å². The van der Waals surface area contributed by atoms with E-state index >= 15 is 0 Å². The molecule has 0 atom stereocenters. The second kappa shape index (κ2) is 12.3. The Balaban J connectivity index is 1.10. The predicted molar refractivity (Wildman–Crippen MR) is 252 cm³/mol. The van der Waals surface area contributed by atoms with Gasteiger partial charge in [-0.15, -0.1) is 22.7 Å². The Labute approximate surface area is 367 Å². The number of para-hydroxylation sites is 3. The van der Waals surface area contributed by atoms with Crippen molar-refractivity contribution in [2.45, 2.75) is 0 Å². The highest BCUT2D eigenvalue weighted by atomic mass is 32.1. The van der Waals surface area contributed by atoms with Gasteiger partial charge in [0.05, 0.1) is 46.7 Å². The predicted octanol–water partition coefficient (Wildman–Crippen LogP) is 16.0. The summed E-state index contributed by atoms with van der Waals surface area (Å²) in [5.41, 5.74) is 3.52. The van der Waals surface area contributed by atoms with Crippen molar-refractivity contribution in [3.63, 3.8) is 0 Å². The third-order valence-corrected chi connectivity index (χ3v) is 12.9. The molecule has 2 nitrogen and oxygen atoms in total. The molecule has 4 heteroatoms. The SMILES string of the molecule is [2H]c1c([2H])c([2H])c(-n2c3ccccc3c3cc(-c4ccc5c(c4)c4ccccc4n5-c4c([2H])c(-c5c([2H])c([2H])c6sc7c([2H])c([2H])c([2H])c([2H])c7c6c5[2H])c5sc6c([2H])c([2H])c([2H])c([2H])c6c5c4[2H])ccc32)c([2H])c1[2H]. The largest absolute Gasteiger partial charge is 0.309 e. The van der Waals surface area contributed by atoms with E-state index < -0.39 is 72.5 Å². The Kier molecular flexibility index (Phi) is 4.11. The van der Waals surface area contributed by atoms with E-state index in [4.69, 9.17) is 16.4 Å². The smallest absolute Gasteiger partial charge is 0.0652 e. The maximum atomic E-state index is 10.3. The first kappa shape index (κ1) is 19.4. The molecule has 58 heavy (non-hydrogen) atoms. The minimum atomic E-state index is -0.549. The zero-order valence-corrected chi connectivity index (χ0v) is 31.4. The topological polar surface area (TPSA) is 9.86 Å². The molecule has 0 amide bonds. The van der Waals surface area contributed by atoms with Crippen LogP contribution in [0.15, 0.2) is 194 Å². The monoisotopic (exact) mass is 790 g/mol. The average Bonchev–Trinajstić information content (AvgIpc) is 4.28. The molecule has 0 N–H and O–H groups in total. The van der Waals surface area contributed by atoms with Crippen molar-refractivity contribution in [3.05, 3.63) is 194 Å². The molecule has 0 radical (unpaired) electrons. The highest BCUT2D eigenvalue weighted by Crippen LogP contribution is 2.45. The molecular weight excluding hydrogens is 741 g/mol. The first-order chi connectivity index (χ1) is 36.3. The molecule has 4 aromatic heterocycles. The molecule has 0 spiro atoms. The normalized spacial score (nSPS) is 16.5. The lowest BCUT2D eigenvalue weighted by Gasteiger charge is -2.13. The van der Waals surface area contributed by atoms with Crippen molar-refractivity contribution >= 4 is 107 Å². The van der Waals surface area contributed by atoms with Gasteiger partial charge in [-0.25, -0.2) is 0 Å². The standard InChI is InChI=1S/C54H32N2S2/c1-2-12-36(13-3-1)55-47-18-8-4-14-38(47)43-28-33(22-25-49(43)55)34-23-26-50-44(29-34)39-15-5-9-19-48(39)56(50)37-31-42(54-46(32-37)41-17-7-11-21-52(41)58-54)35-24-27-53-45(30-35)40-16-6-10-20-51(40)57-53/h1-32H/i1D,2D,3D,6D,7D,10D,11D,12D,13D,16D,17D,20D,21D,24D,27D,30D,31D,32D. The van der Waals surface area contributed by atoms with Crippen LogP contribution >= 0.6 is 22.7 Å². The maximum absolute atomic E-state index is 10.3. The molecule has 0 saturated carbocycles. The third kappa shape index (κ3) is 4.64. The van der Waals surface area contributed by atoms with Gasteiger partial charge in [-0.05, 0) is 101 Å². The minimum absolute atomic E-state index is 0.00482. The number of benzene rings is 9. The van der Waals surface area contributed by atoms with Gasteiger partial charge in [-0.3, -0.25) is 0 Å². The zero-order valence-electron chi connectivity index (χ0n) is 47.8. The molecule has 13 aromatic rings. The Bertz CT molecular complexity index is 4850. The Morgan fingerprint density at radius 3 is 1.60 bits per heavy atom. The second-order valence-corrected chi connectivity index (χ2v) is 15.9. The van der Waals surface area contributed by atoms with Crippen LogP contribution in [-0.2, 0) is 0 Å². The van der Waals surface area contributed by atoms with Crippen LogP contribution in [0.2, 0.25) is 0 Å². The molecule has 0 unspecified atom stereocenters. The van der Waals surface area contributed by atoms with E-state index in [-0.39, 0.29) is 99.1 Å². The molecule has 0 aliphatic rings. The molecule has 4 heterocycles. The number of thiophene rings is 2. The Hall–Kier alpha value is -6.98. The van der Waals surface area contributed by atoms with E-state index in [2.05, 4.69) is 0 Å². The van der Waals surface area contributed by atoms with E-state index in [0.717, 1.165) is 44.6 Å². The lowest BCUT2D eigenvalue weighted by molar-refractivity contribution is 1.18. The number of hydrogen-bond donors (Lipinski definition) is 0. The van der Waals surface area contributed by atoms with Crippen molar-refractivity contribution in [2.24, 2.45) is 0 Å². The lowest BCUT2D eigenvalue weighted by atomic mass is 9.99. The Morgan fingerprint density at radius 2 is 0.914 bits per heavy atom. The molecule has 9 aromatic carbocycles. The van der Waals surface area contributed by atoms with E-state index in [1.54, 1.807) is 15.2 Å². The summed E-state index contributed by atoms with van der Waals surface area (Å²) in [6, 6.07) is 18.5. The molecule has 0 aliphatic heterocycles. The van der Waals surface area contributed by atoms with Gasteiger partial charge in [0.2, 0.25) is 0 Å². The summed E-state index contributed by atoms with van der Waals surface area (Å²) < 4.78 is 166. The van der Waals surface area contributed by atoms with Crippen molar-refractivity contribution < 1.29 is 24.7 Å². The van der Waals surface area contributed by atoms with E-state index in [1.807, 2.05) is 78.9 Å². The van der Waals surface area contributed by atoms with Crippen LogP contribution in [0, 0.1) is 0 Å². The second-order valence-electron chi connectivity index (χ2n) is 13.9. The van der Waals surface area contributed by atoms with Crippen LogP contribution in [0.1, 0.15) is 24.7 Å². The maximum Gasteiger partial charge on any atom is 0.0652 e. The fourth-order valence-corrected chi connectivity index (χ4v) is 10.3. The minimum Gasteiger partial charge on any atom is -0.309 e. The van der Waals surface area contributed by atoms with Gasteiger partial charge in [0, 0.05) is 78.8 Å². The van der Waals surface area contributed by atoms with Gasteiger partial charge in [0.15, 0.2) is 0 Å². The first-order valence-electron chi connectivity index (χ1n) is 27.3. The average molecular weight is 791 g/mol. The molecule has 13 rings (SSSR count). The summed E-state index contributed by atoms with van der Waals surface area (Å²) in [4.78, 5) is 0. The summed E-state index contributed by atoms with van der Waals surface area (Å²) in [5.74, 6) is 0. The van der Waals surface area contributed by atoms with Gasteiger partial charge in [0.1, 0.15) is 0 Å². The van der Waals surface area contributed by atoms with E-state index in [1.165, 1.54) is 0 Å². The lowest BCUT2D eigenvalue weighted by Crippen LogP contribution is -1.95. The van der Waals surface area contributed by atoms with Gasteiger partial charge < -0.3 is 9.13 Å². The van der Waals surface area contributed by atoms with Crippen LogP contribution in [0.5, 0.6) is 0 Å². The number of hydrogen-bond acceptors (Lipinski definition) is 2. The first-order valence-corrected chi connectivity index (χ1v) is 19.9. The van der Waals surface area contributed by atoms with Crippen LogP contribution < -0.4 is 0 Å². The van der Waals surface area contributed by atoms with Crippen LogP contribution in [-0.4, -0.2) is 9.13 Å². The van der Waals surface area contributed by atoms with Gasteiger partial charge in [-0.2, -0.15) is 0 Å². The molecule has 0 saturated heterocycles. The summed E-state index contributed by atoms with van der Waals surface area (Å²) >= 11 is 1.76. The van der Waals surface area contributed by atoms with Crippen molar-refractivity contribution in [3.8, 4) is 33.6 Å². The van der Waals surface area contributed by atoms with Gasteiger partial charge in [-0.1, -0.05) is 109 Å². The fraction of sp³-hybridized carbons (Fsp3) is 0. The molecular formula is C54H32N2S2. The quantitative estimate of drug-likeness (QED) is 0.168. The summed E-state index contributed by atoms with van der Waals surface area (Å²) in [7, 11) is 0. The van der Waals surface area contributed by atoms with Gasteiger partial charge in [0.25, 0.3) is 0 Å². The molecule has 0 aliphatic carbocycles. The number of fused-ring (bicyclic) bond motifs is 12. The fourth-order valence-electron chi connectivity index (χ4n) is 8.30. The number of aromatic nitrogens is 2. The summed E-state index contributed by atoms with van der Waals surface area (Å²) in [6.07, 6.45) is 0. The van der Waals surface area contributed by atoms with Gasteiger partial charge >= 0.3 is 0 Å². The molecule has 0 bridgehead atoms. The highest BCUT2D eigenvalue weighted by Gasteiger charge is 2.19. The Morgan fingerprint density at radius 1 is 0.362 bits per heavy atom. The molecule has 270 valence electrons. The number of nitrogens with zero attached hydrogens (tertiary/aromatic N) is 2. The van der Waals surface area contributed by atoms with Crippen LogP contribution in [0.4, 0.5) is 0 Å². The van der Waals surface area contributed by atoms with Crippen molar-refractivity contribution in [2.75, 3.05) is 0 Å². The third-order valence-electron chi connectivity index (χ3n) is 10.8. The zero-order chi connectivity index (χ0) is 53.6. The summed E-state index contributed by atoms with van der Waals surface area (Å²) in [5, 5.41) is 2.97. The van der Waals surface area contributed by atoms with Crippen LogP contribution in [0.25, 0.3) is 118 Å². The highest BCUT2D eigenvalue weighted by molar-refractivity contribution is 7.26.